The largest absolute Gasteiger partial charge is 0.387 e. The zero-order chi connectivity index (χ0) is 9.14. The molecule has 0 aliphatic heterocycles. The predicted molar refractivity (Wildman–Crippen MR) is 63.8 cm³/mol. The first-order valence-corrected chi connectivity index (χ1v) is 5.22. The van der Waals surface area contributed by atoms with Crippen molar-refractivity contribution < 1.29 is 0 Å². The van der Waals surface area contributed by atoms with Crippen LogP contribution >= 0.6 is 38.5 Å². The van der Waals surface area contributed by atoms with E-state index in [0.717, 1.165) is 10.2 Å². The van der Waals surface area contributed by atoms with Crippen LogP contribution in [0.4, 0.5) is 5.69 Å². The van der Waals surface area contributed by atoms with Crippen molar-refractivity contribution in [2.75, 3.05) is 0 Å². The molecule has 0 atom stereocenters. The van der Waals surface area contributed by atoms with E-state index in [-0.39, 0.29) is 0 Å². The summed E-state index contributed by atoms with van der Waals surface area (Å²) in [6.45, 7) is 1.77. The number of hydrogen-bond donors (Lipinski definition) is 1. The van der Waals surface area contributed by atoms with Gasteiger partial charge in [0, 0.05) is 8.04 Å². The molecular weight excluding hydrogens is 331 g/mol. The fourth-order valence-electron chi connectivity index (χ4n) is 0.758. The number of nitrogens with two attached hydrogens (primary N) is 1. The van der Waals surface area contributed by atoms with Crippen molar-refractivity contribution in [3.05, 3.63) is 26.2 Å². The monoisotopic (exact) mass is 338 g/mol. The average molecular weight is 339 g/mol. The van der Waals surface area contributed by atoms with Crippen LogP contribution in [0.1, 0.15) is 6.92 Å². The summed E-state index contributed by atoms with van der Waals surface area (Å²) in [6, 6.07) is 5.87. The highest BCUT2D eigenvalue weighted by Gasteiger charge is 1.96. The molecule has 1 aromatic carbocycles. The Morgan fingerprint density at radius 1 is 1.58 bits per heavy atom. The molecule has 0 fully saturated rings. The van der Waals surface area contributed by atoms with Crippen LogP contribution in [0.15, 0.2) is 27.7 Å². The number of rotatable bonds is 1. The van der Waals surface area contributed by atoms with Crippen molar-refractivity contribution in [1.82, 2.24) is 0 Å². The van der Waals surface area contributed by atoms with Crippen molar-refractivity contribution >= 4 is 50.0 Å². The number of nitrogens with zero attached hydrogens (tertiary/aromatic N) is 1. The van der Waals surface area contributed by atoms with Gasteiger partial charge in [-0.05, 0) is 63.6 Å². The van der Waals surface area contributed by atoms with E-state index in [4.69, 9.17) is 5.73 Å². The molecular formula is C8H8BrIN2. The van der Waals surface area contributed by atoms with Gasteiger partial charge >= 0.3 is 0 Å². The molecule has 0 heterocycles. The van der Waals surface area contributed by atoms with Gasteiger partial charge in [0.2, 0.25) is 0 Å². The van der Waals surface area contributed by atoms with Crippen LogP contribution in [-0.4, -0.2) is 5.84 Å². The zero-order valence-electron chi connectivity index (χ0n) is 6.51. The van der Waals surface area contributed by atoms with Crippen molar-refractivity contribution in [3.8, 4) is 0 Å². The zero-order valence-corrected chi connectivity index (χ0v) is 10.3. The summed E-state index contributed by atoms with van der Waals surface area (Å²) in [5.74, 6) is 0.572. The molecule has 0 saturated carbocycles. The van der Waals surface area contributed by atoms with E-state index in [1.165, 1.54) is 3.57 Å². The van der Waals surface area contributed by atoms with Crippen LogP contribution in [0.3, 0.4) is 0 Å². The van der Waals surface area contributed by atoms with E-state index >= 15 is 0 Å². The second-order valence-electron chi connectivity index (χ2n) is 2.35. The predicted octanol–water partition coefficient (Wildman–Crippen LogP) is 3.06. The van der Waals surface area contributed by atoms with E-state index in [1.54, 1.807) is 6.92 Å². The summed E-state index contributed by atoms with van der Waals surface area (Å²) in [6.07, 6.45) is 0. The molecule has 12 heavy (non-hydrogen) atoms. The minimum Gasteiger partial charge on any atom is -0.387 e. The van der Waals surface area contributed by atoms with Crippen LogP contribution in [0, 0.1) is 3.57 Å². The number of aliphatic imine (C=N–C) groups is 1. The number of amidine groups is 1. The lowest BCUT2D eigenvalue weighted by Gasteiger charge is -1.98. The van der Waals surface area contributed by atoms with E-state index < -0.39 is 0 Å². The van der Waals surface area contributed by atoms with E-state index in [2.05, 4.69) is 43.5 Å². The van der Waals surface area contributed by atoms with E-state index in [0.29, 0.717) is 5.84 Å². The van der Waals surface area contributed by atoms with Gasteiger partial charge in [0.05, 0.1) is 11.5 Å². The summed E-state index contributed by atoms with van der Waals surface area (Å²) in [5.41, 5.74) is 6.32. The second kappa shape index (κ2) is 4.23. The highest BCUT2D eigenvalue weighted by Crippen LogP contribution is 2.24. The first kappa shape index (κ1) is 9.98. The highest BCUT2D eigenvalue weighted by molar-refractivity contribution is 14.1. The van der Waals surface area contributed by atoms with Crippen LogP contribution in [0.2, 0.25) is 0 Å². The second-order valence-corrected chi connectivity index (χ2v) is 4.37. The Balaban J connectivity index is 3.05. The Hall–Kier alpha value is -0.100. The van der Waals surface area contributed by atoms with E-state index in [9.17, 15) is 0 Å². The third-order valence-electron chi connectivity index (χ3n) is 1.21. The molecule has 0 spiro atoms. The number of halogens is 2. The van der Waals surface area contributed by atoms with Crippen LogP contribution in [-0.2, 0) is 0 Å². The van der Waals surface area contributed by atoms with Crippen LogP contribution in [0.25, 0.3) is 0 Å². The Kier molecular flexibility index (Phi) is 3.52. The van der Waals surface area contributed by atoms with E-state index in [1.807, 2.05) is 18.2 Å². The SMILES string of the molecule is CC(N)=Nc1ccc(I)c(Br)c1. The van der Waals surface area contributed by atoms with Crippen LogP contribution in [0.5, 0.6) is 0 Å². The maximum Gasteiger partial charge on any atom is 0.0964 e. The lowest BCUT2D eigenvalue weighted by atomic mass is 10.3. The van der Waals surface area contributed by atoms with Gasteiger partial charge in [-0.15, -0.1) is 0 Å². The molecule has 1 aromatic rings. The van der Waals surface area contributed by atoms with Gasteiger partial charge in [-0.2, -0.15) is 0 Å². The van der Waals surface area contributed by atoms with Crippen molar-refractivity contribution in [1.29, 1.82) is 0 Å². The first-order chi connectivity index (χ1) is 5.59. The lowest BCUT2D eigenvalue weighted by Crippen LogP contribution is -2.03. The smallest absolute Gasteiger partial charge is 0.0964 e. The summed E-state index contributed by atoms with van der Waals surface area (Å²) < 4.78 is 2.21. The molecule has 0 bridgehead atoms. The summed E-state index contributed by atoms with van der Waals surface area (Å²) in [5, 5.41) is 0. The van der Waals surface area contributed by atoms with Gasteiger partial charge in [-0.3, -0.25) is 0 Å². The molecule has 2 nitrogen and oxygen atoms in total. The van der Waals surface area contributed by atoms with Gasteiger partial charge in [0.25, 0.3) is 0 Å². The van der Waals surface area contributed by atoms with Gasteiger partial charge in [0.1, 0.15) is 0 Å². The van der Waals surface area contributed by atoms with Gasteiger partial charge in [-0.25, -0.2) is 4.99 Å². The topological polar surface area (TPSA) is 38.4 Å². The Morgan fingerprint density at radius 2 is 2.25 bits per heavy atom. The van der Waals surface area contributed by atoms with Crippen molar-refractivity contribution in [3.63, 3.8) is 0 Å². The number of benzene rings is 1. The molecule has 4 heteroatoms. The molecule has 0 radical (unpaired) electrons. The quantitative estimate of drug-likeness (QED) is 0.477. The van der Waals surface area contributed by atoms with Crippen LogP contribution < -0.4 is 5.73 Å². The molecule has 0 aromatic heterocycles. The fraction of sp³-hybridized carbons (Fsp3) is 0.125. The Bertz CT molecular complexity index is 319. The minimum absolute atomic E-state index is 0.572. The maximum absolute atomic E-state index is 5.45. The molecule has 64 valence electrons. The molecule has 0 aliphatic rings. The Labute approximate surface area is 93.5 Å². The third-order valence-corrected chi connectivity index (χ3v) is 3.55. The lowest BCUT2D eigenvalue weighted by molar-refractivity contribution is 1.43. The first-order valence-electron chi connectivity index (χ1n) is 3.35. The van der Waals surface area contributed by atoms with Gasteiger partial charge < -0.3 is 5.73 Å². The maximum atomic E-state index is 5.45. The standard InChI is InChI=1S/C8H8BrIN2/c1-5(11)12-6-2-3-8(10)7(9)4-6/h2-4H,1H3,(H2,11,12). The minimum atomic E-state index is 0.572. The Morgan fingerprint density at radius 3 is 2.75 bits per heavy atom. The average Bonchev–Trinajstić information content (AvgIpc) is 1.96. The summed E-state index contributed by atoms with van der Waals surface area (Å²) in [4.78, 5) is 4.12. The van der Waals surface area contributed by atoms with Gasteiger partial charge in [0.15, 0.2) is 0 Å². The molecule has 1 rings (SSSR count). The highest BCUT2D eigenvalue weighted by atomic mass is 127. The number of hydrogen-bond acceptors (Lipinski definition) is 1. The van der Waals surface area contributed by atoms with Crippen molar-refractivity contribution in [2.24, 2.45) is 10.7 Å². The summed E-state index contributed by atoms with van der Waals surface area (Å²) in [7, 11) is 0. The molecule has 0 unspecified atom stereocenters. The molecule has 0 amide bonds. The third kappa shape index (κ3) is 2.75. The summed E-state index contributed by atoms with van der Waals surface area (Å²) >= 11 is 5.67. The molecule has 0 saturated heterocycles. The fourth-order valence-corrected chi connectivity index (χ4v) is 1.46. The van der Waals surface area contributed by atoms with Crippen molar-refractivity contribution in [2.45, 2.75) is 6.92 Å². The molecule has 0 aliphatic carbocycles. The van der Waals surface area contributed by atoms with Gasteiger partial charge in [-0.1, -0.05) is 0 Å². The molecule has 2 N–H and O–H groups in total. The normalized spacial score (nSPS) is 11.8.